The number of piperidine rings is 1. The Morgan fingerprint density at radius 3 is 2.69 bits per heavy atom. The molecule has 8 rings (SSSR count). The zero-order valence-corrected chi connectivity index (χ0v) is 21.0. The number of hydrogen-bond donors (Lipinski definition) is 1. The van der Waals surface area contributed by atoms with E-state index in [2.05, 4.69) is 46.2 Å². The standard InChI is InChI=1S/C31H38N2O2/c1-35-25-10-9-22-15-26-30-12-11-24-27(23(16-30)19-33(24)18-20-5-3-2-4-6-20)31(30,28(22)29(25)34)13-14-32(26)17-21-7-8-21/h2-6,9-10,21,23-24,26-27,34H,7-8,11-19H2,1H3/t23-,24-,26-,27-,30-,31+/m1/s1. The summed E-state index contributed by atoms with van der Waals surface area (Å²) < 4.78 is 5.69. The number of aromatic hydroxyl groups is 1. The Morgan fingerprint density at radius 1 is 1.03 bits per heavy atom. The monoisotopic (exact) mass is 470 g/mol. The Labute approximate surface area is 209 Å². The summed E-state index contributed by atoms with van der Waals surface area (Å²) in [6.07, 6.45) is 9.16. The second kappa shape index (κ2) is 7.26. The van der Waals surface area contributed by atoms with Gasteiger partial charge in [-0.2, -0.15) is 0 Å². The van der Waals surface area contributed by atoms with Crippen molar-refractivity contribution < 1.29 is 9.84 Å². The van der Waals surface area contributed by atoms with Gasteiger partial charge in [-0.15, -0.1) is 0 Å². The van der Waals surface area contributed by atoms with Gasteiger partial charge in [-0.05, 0) is 91.9 Å². The van der Waals surface area contributed by atoms with Gasteiger partial charge in [0.05, 0.1) is 7.11 Å². The first-order valence-corrected chi connectivity index (χ1v) is 14.1. The molecule has 2 aliphatic heterocycles. The Balaban J connectivity index is 1.26. The van der Waals surface area contributed by atoms with Gasteiger partial charge in [-0.3, -0.25) is 9.80 Å². The normalized spacial score (nSPS) is 39.3. The molecule has 0 aromatic heterocycles. The molecule has 4 nitrogen and oxygen atoms in total. The van der Waals surface area contributed by atoms with Crippen molar-refractivity contribution in [2.75, 3.05) is 26.7 Å². The van der Waals surface area contributed by atoms with Gasteiger partial charge in [0.15, 0.2) is 11.5 Å². The van der Waals surface area contributed by atoms with E-state index in [1.807, 2.05) is 6.07 Å². The highest BCUT2D eigenvalue weighted by atomic mass is 16.5. The zero-order valence-electron chi connectivity index (χ0n) is 21.0. The van der Waals surface area contributed by atoms with Crippen LogP contribution in [0.15, 0.2) is 42.5 Å². The molecule has 35 heavy (non-hydrogen) atoms. The average molecular weight is 471 g/mol. The van der Waals surface area contributed by atoms with Gasteiger partial charge in [0.25, 0.3) is 0 Å². The molecule has 184 valence electrons. The first-order chi connectivity index (χ1) is 17.1. The maximum absolute atomic E-state index is 11.7. The molecule has 4 bridgehead atoms. The Hall–Kier alpha value is -2.04. The van der Waals surface area contributed by atoms with Crippen LogP contribution in [0.5, 0.6) is 11.5 Å². The lowest BCUT2D eigenvalue weighted by Crippen LogP contribution is -2.69. The number of likely N-dealkylation sites (tertiary alicyclic amines) is 2. The highest BCUT2D eigenvalue weighted by molar-refractivity contribution is 5.59. The van der Waals surface area contributed by atoms with E-state index in [1.54, 1.807) is 7.11 Å². The number of phenolic OH excluding ortho intramolecular Hbond substituents is 1. The minimum absolute atomic E-state index is 0.100. The van der Waals surface area contributed by atoms with Gasteiger partial charge < -0.3 is 9.84 Å². The van der Waals surface area contributed by atoms with Crippen LogP contribution in [0.2, 0.25) is 0 Å². The minimum Gasteiger partial charge on any atom is -0.504 e. The van der Waals surface area contributed by atoms with Crippen LogP contribution in [0.4, 0.5) is 0 Å². The molecule has 6 aliphatic rings. The van der Waals surface area contributed by atoms with E-state index >= 15 is 0 Å². The van der Waals surface area contributed by atoms with Crippen LogP contribution in [0.3, 0.4) is 0 Å². The molecule has 1 N–H and O–H groups in total. The Kier molecular flexibility index (Phi) is 4.37. The third kappa shape index (κ3) is 2.65. The van der Waals surface area contributed by atoms with Crippen molar-refractivity contribution in [1.82, 2.24) is 9.80 Å². The molecule has 0 radical (unpaired) electrons. The van der Waals surface area contributed by atoms with Crippen molar-refractivity contribution in [1.29, 1.82) is 0 Å². The van der Waals surface area contributed by atoms with E-state index in [0.717, 1.165) is 24.8 Å². The lowest BCUT2D eigenvalue weighted by molar-refractivity contribution is -0.106. The van der Waals surface area contributed by atoms with Crippen LogP contribution in [0, 0.1) is 23.2 Å². The quantitative estimate of drug-likeness (QED) is 0.669. The molecule has 4 heteroatoms. The number of methoxy groups -OCH3 is 1. The van der Waals surface area contributed by atoms with Gasteiger partial charge in [0.2, 0.25) is 0 Å². The fourth-order valence-corrected chi connectivity index (χ4v) is 10.3. The lowest BCUT2D eigenvalue weighted by atomic mass is 9.43. The van der Waals surface area contributed by atoms with Crippen LogP contribution in [0.1, 0.15) is 55.2 Å². The molecule has 2 heterocycles. The SMILES string of the molecule is COc1ccc2c(c1O)[C@@]13CCN(CC4CC4)[C@H](C2)[C@]12CC[C@@H]1[C@H]3[C@@H](CN1Cc1ccccc1)C2. The Bertz CT molecular complexity index is 1160. The van der Waals surface area contributed by atoms with E-state index in [4.69, 9.17) is 4.74 Å². The first kappa shape index (κ1) is 21.1. The Morgan fingerprint density at radius 2 is 1.89 bits per heavy atom. The summed E-state index contributed by atoms with van der Waals surface area (Å²) >= 11 is 0. The third-order valence-electron chi connectivity index (χ3n) is 11.4. The molecular formula is C31H38N2O2. The van der Waals surface area contributed by atoms with Gasteiger partial charge in [-0.1, -0.05) is 36.4 Å². The summed E-state index contributed by atoms with van der Waals surface area (Å²) in [5, 5.41) is 11.7. The summed E-state index contributed by atoms with van der Waals surface area (Å²) in [4.78, 5) is 5.74. The second-order valence-corrected chi connectivity index (χ2v) is 12.7. The van der Waals surface area contributed by atoms with Crippen molar-refractivity contribution >= 4 is 0 Å². The molecule has 2 aromatic rings. The van der Waals surface area contributed by atoms with Crippen molar-refractivity contribution in [2.24, 2.45) is 23.2 Å². The summed E-state index contributed by atoms with van der Waals surface area (Å²) in [5.74, 6) is 3.47. The molecule has 0 amide bonds. The number of hydrogen-bond acceptors (Lipinski definition) is 4. The van der Waals surface area contributed by atoms with Crippen molar-refractivity contribution in [3.8, 4) is 11.5 Å². The van der Waals surface area contributed by atoms with Gasteiger partial charge in [-0.25, -0.2) is 0 Å². The first-order valence-electron chi connectivity index (χ1n) is 14.1. The molecule has 0 spiro atoms. The summed E-state index contributed by atoms with van der Waals surface area (Å²) in [6.45, 7) is 4.80. The number of phenols is 1. The van der Waals surface area contributed by atoms with Gasteiger partial charge >= 0.3 is 0 Å². The minimum atomic E-state index is 0.100. The van der Waals surface area contributed by atoms with Crippen molar-refractivity contribution in [3.05, 3.63) is 59.2 Å². The van der Waals surface area contributed by atoms with Crippen molar-refractivity contribution in [3.63, 3.8) is 0 Å². The molecule has 0 unspecified atom stereocenters. The largest absolute Gasteiger partial charge is 0.504 e. The molecule has 4 aliphatic carbocycles. The fourth-order valence-electron chi connectivity index (χ4n) is 10.3. The topological polar surface area (TPSA) is 35.9 Å². The third-order valence-corrected chi connectivity index (χ3v) is 11.4. The fraction of sp³-hybridized carbons (Fsp3) is 0.613. The smallest absolute Gasteiger partial charge is 0.161 e. The molecule has 6 atom stereocenters. The van der Waals surface area contributed by atoms with Crippen LogP contribution < -0.4 is 4.74 Å². The number of nitrogens with zero attached hydrogens (tertiary/aromatic N) is 2. The van der Waals surface area contributed by atoms with E-state index in [1.165, 1.54) is 74.8 Å². The molecule has 3 saturated carbocycles. The predicted molar refractivity (Wildman–Crippen MR) is 137 cm³/mol. The van der Waals surface area contributed by atoms with Gasteiger partial charge in [0.1, 0.15) is 0 Å². The maximum Gasteiger partial charge on any atom is 0.161 e. The molecule has 2 aromatic carbocycles. The van der Waals surface area contributed by atoms with Crippen molar-refractivity contribution in [2.45, 2.75) is 69.0 Å². The lowest BCUT2D eigenvalue weighted by Gasteiger charge is -2.66. The molecule has 5 fully saturated rings. The average Bonchev–Trinajstić information content (AvgIpc) is 3.58. The highest BCUT2D eigenvalue weighted by Gasteiger charge is 2.76. The number of rotatable bonds is 5. The van der Waals surface area contributed by atoms with E-state index < -0.39 is 0 Å². The summed E-state index contributed by atoms with van der Waals surface area (Å²) in [6, 6.07) is 16.7. The van der Waals surface area contributed by atoms with E-state index in [-0.39, 0.29) is 5.41 Å². The van der Waals surface area contributed by atoms with Crippen LogP contribution in [-0.2, 0) is 18.4 Å². The summed E-state index contributed by atoms with van der Waals surface area (Å²) in [7, 11) is 1.71. The second-order valence-electron chi connectivity index (χ2n) is 12.7. The van der Waals surface area contributed by atoms with Crippen LogP contribution in [0.25, 0.3) is 0 Å². The zero-order chi connectivity index (χ0) is 23.4. The predicted octanol–water partition coefficient (Wildman–Crippen LogP) is 4.98. The van der Waals surface area contributed by atoms with Gasteiger partial charge in [0, 0.05) is 42.7 Å². The highest BCUT2D eigenvalue weighted by Crippen LogP contribution is 2.76. The number of ether oxygens (including phenoxy) is 1. The molecular weight excluding hydrogens is 432 g/mol. The number of benzene rings is 2. The number of fused-ring (bicyclic) bond motifs is 1. The van der Waals surface area contributed by atoms with Crippen LogP contribution in [-0.4, -0.2) is 53.7 Å². The van der Waals surface area contributed by atoms with E-state index in [0.29, 0.717) is 34.9 Å². The maximum atomic E-state index is 11.7. The molecule has 2 saturated heterocycles. The van der Waals surface area contributed by atoms with Crippen LogP contribution >= 0.6 is 0 Å². The summed E-state index contributed by atoms with van der Waals surface area (Å²) in [5.41, 5.74) is 4.57. The van der Waals surface area contributed by atoms with E-state index in [9.17, 15) is 5.11 Å².